The van der Waals surface area contributed by atoms with Crippen molar-refractivity contribution in [2.45, 2.75) is 76.0 Å². The predicted octanol–water partition coefficient (Wildman–Crippen LogP) is -1.37. The maximum Gasteiger partial charge on any atom is 0.343 e. The molecule has 2 spiro atoms. The van der Waals surface area contributed by atoms with E-state index in [-0.39, 0.29) is 6.42 Å². The molecule has 2 aliphatic carbocycles. The Kier molecular flexibility index (Phi) is 2.97. The van der Waals surface area contributed by atoms with Crippen LogP contribution in [0.25, 0.3) is 0 Å². The zero-order chi connectivity index (χ0) is 21.8. The molecular weight excluding hydrogens is 400 g/mol. The first-order valence-electron chi connectivity index (χ1n) is 10.2. The van der Waals surface area contributed by atoms with Crippen LogP contribution in [-0.4, -0.2) is 75.1 Å². The molecule has 4 saturated heterocycles. The van der Waals surface area contributed by atoms with Gasteiger partial charge < -0.3 is 34.3 Å². The third-order valence-corrected chi connectivity index (χ3v) is 9.00. The maximum absolute atomic E-state index is 13.4. The van der Waals surface area contributed by atoms with Crippen LogP contribution in [0.15, 0.2) is 0 Å². The van der Waals surface area contributed by atoms with Crippen LogP contribution in [0, 0.1) is 28.1 Å². The lowest BCUT2D eigenvalue weighted by atomic mass is 9.51. The van der Waals surface area contributed by atoms with E-state index in [9.17, 15) is 29.7 Å². The summed E-state index contributed by atoms with van der Waals surface area (Å²) in [5.41, 5.74) is -8.26. The molecule has 6 fully saturated rings. The Morgan fingerprint density at radius 1 is 1.03 bits per heavy atom. The predicted molar refractivity (Wildman–Crippen MR) is 92.0 cm³/mol. The Morgan fingerprint density at radius 2 is 1.70 bits per heavy atom. The first-order valence-corrected chi connectivity index (χ1v) is 10.2. The number of esters is 3. The fourth-order valence-corrected chi connectivity index (χ4v) is 8.12. The van der Waals surface area contributed by atoms with Crippen molar-refractivity contribution in [2.75, 3.05) is 0 Å². The molecule has 2 unspecified atom stereocenters. The largest absolute Gasteiger partial charge is 0.459 e. The van der Waals surface area contributed by atoms with E-state index in [2.05, 4.69) is 0 Å². The minimum absolute atomic E-state index is 0.229. The molecule has 0 aromatic rings. The van der Waals surface area contributed by atoms with Gasteiger partial charge in [0.05, 0.1) is 16.7 Å². The van der Waals surface area contributed by atoms with Crippen molar-refractivity contribution >= 4 is 17.9 Å². The molecule has 4 aliphatic heterocycles. The molecule has 0 bridgehead atoms. The summed E-state index contributed by atoms with van der Waals surface area (Å²) in [6.45, 7) is 7.14. The van der Waals surface area contributed by atoms with Crippen LogP contribution in [0.3, 0.4) is 0 Å². The summed E-state index contributed by atoms with van der Waals surface area (Å²) < 4.78 is 22.5. The van der Waals surface area contributed by atoms with Crippen molar-refractivity contribution in [2.24, 2.45) is 28.1 Å². The molecule has 10 heteroatoms. The minimum atomic E-state index is -2.24. The Balaban J connectivity index is 1.72. The van der Waals surface area contributed by atoms with Crippen LogP contribution in [0.2, 0.25) is 0 Å². The molecule has 30 heavy (non-hydrogen) atoms. The second kappa shape index (κ2) is 4.69. The van der Waals surface area contributed by atoms with Gasteiger partial charge >= 0.3 is 17.9 Å². The fraction of sp³-hybridized carbons (Fsp3) is 0.850. The van der Waals surface area contributed by atoms with Gasteiger partial charge in [0.25, 0.3) is 0 Å². The molecular formula is C20H24O10. The van der Waals surface area contributed by atoms with Crippen molar-refractivity contribution < 1.29 is 48.7 Å². The quantitative estimate of drug-likeness (QED) is 0.314. The van der Waals surface area contributed by atoms with Gasteiger partial charge in [-0.15, -0.1) is 0 Å². The average Bonchev–Trinajstić information content (AvgIpc) is 3.35. The number of carbonyl (C=O) groups excluding carboxylic acids is 3. The summed E-state index contributed by atoms with van der Waals surface area (Å²) >= 11 is 0. The maximum atomic E-state index is 13.4. The van der Waals surface area contributed by atoms with Gasteiger partial charge in [-0.2, -0.15) is 0 Å². The van der Waals surface area contributed by atoms with E-state index in [1.54, 1.807) is 0 Å². The lowest BCUT2D eigenvalue weighted by molar-refractivity contribution is -0.239. The lowest BCUT2D eigenvalue weighted by Gasteiger charge is -2.47. The highest BCUT2D eigenvalue weighted by atomic mass is 16.8. The Morgan fingerprint density at radius 3 is 2.33 bits per heavy atom. The summed E-state index contributed by atoms with van der Waals surface area (Å²) in [5.74, 6) is -4.32. The van der Waals surface area contributed by atoms with Crippen molar-refractivity contribution in [1.29, 1.82) is 0 Å². The number of ether oxygens (including phenoxy) is 4. The van der Waals surface area contributed by atoms with Crippen molar-refractivity contribution in [3.8, 4) is 0 Å². The van der Waals surface area contributed by atoms with E-state index in [4.69, 9.17) is 18.9 Å². The van der Waals surface area contributed by atoms with E-state index in [0.29, 0.717) is 0 Å². The molecule has 2 saturated carbocycles. The summed E-state index contributed by atoms with van der Waals surface area (Å²) in [7, 11) is 0. The average molecular weight is 424 g/mol. The van der Waals surface area contributed by atoms with Gasteiger partial charge in [-0.3, -0.25) is 4.79 Å². The highest BCUT2D eigenvalue weighted by Gasteiger charge is 3.03. The van der Waals surface area contributed by atoms with Gasteiger partial charge in [0.1, 0.15) is 12.2 Å². The molecule has 0 radical (unpaired) electrons. The summed E-state index contributed by atoms with van der Waals surface area (Å²) in [5, 5.41) is 34.7. The zero-order valence-electron chi connectivity index (χ0n) is 16.9. The number of aliphatic hydroxyl groups excluding tert-OH is 2. The molecule has 0 aromatic carbocycles. The molecule has 10 nitrogen and oxygen atoms in total. The van der Waals surface area contributed by atoms with Gasteiger partial charge in [-0.1, -0.05) is 20.8 Å². The van der Waals surface area contributed by atoms with E-state index >= 15 is 0 Å². The topological polar surface area (TPSA) is 149 Å². The smallest absolute Gasteiger partial charge is 0.343 e. The number of hydrogen-bond donors (Lipinski definition) is 3. The second-order valence-electron chi connectivity index (χ2n) is 10.7. The first-order chi connectivity index (χ1) is 13.8. The Hall–Kier alpha value is -1.75. The lowest BCUT2D eigenvalue weighted by Crippen LogP contribution is -2.67. The number of carbonyl (C=O) groups is 3. The van der Waals surface area contributed by atoms with Gasteiger partial charge in [0, 0.05) is 0 Å². The Labute approximate surface area is 171 Å². The van der Waals surface area contributed by atoms with Crippen molar-refractivity contribution in [3.63, 3.8) is 0 Å². The zero-order valence-corrected chi connectivity index (χ0v) is 16.9. The van der Waals surface area contributed by atoms with E-state index in [1.807, 2.05) is 20.8 Å². The molecule has 0 amide bonds. The summed E-state index contributed by atoms with van der Waals surface area (Å²) in [4.78, 5) is 38.2. The highest BCUT2D eigenvalue weighted by molar-refractivity contribution is 5.94. The molecule has 4 heterocycles. The van der Waals surface area contributed by atoms with Gasteiger partial charge in [0.2, 0.25) is 11.9 Å². The molecule has 0 aromatic heterocycles. The van der Waals surface area contributed by atoms with Crippen LogP contribution in [0.4, 0.5) is 0 Å². The first kappa shape index (κ1) is 19.0. The Bertz CT molecular complexity index is 925. The van der Waals surface area contributed by atoms with E-state index in [1.165, 1.54) is 6.92 Å². The number of hydrogen-bond acceptors (Lipinski definition) is 10. The van der Waals surface area contributed by atoms with E-state index in [0.717, 1.165) is 0 Å². The van der Waals surface area contributed by atoms with Crippen molar-refractivity contribution in [3.05, 3.63) is 0 Å². The second-order valence-corrected chi connectivity index (χ2v) is 10.7. The highest BCUT2D eigenvalue weighted by Crippen LogP contribution is 2.84. The van der Waals surface area contributed by atoms with Gasteiger partial charge in [-0.25, -0.2) is 9.59 Å². The summed E-state index contributed by atoms with van der Waals surface area (Å²) in [6, 6.07) is 0. The van der Waals surface area contributed by atoms with Crippen LogP contribution in [0.1, 0.15) is 34.1 Å². The number of rotatable bonds is 0. The SMILES string of the molecule is C[C@@H]1C(=O)O[C@H]2[C@H](O)C34[C@H]5C[C@@H](C(C)(C)C)C36[C@@H](OC(=O)[C@H]6O)O[C@@]4(C(=O)O5)[C@@]12O. The fourth-order valence-electron chi connectivity index (χ4n) is 8.12. The van der Waals surface area contributed by atoms with Crippen LogP contribution in [0.5, 0.6) is 0 Å². The third kappa shape index (κ3) is 1.33. The standard InChI is InChI=1S/C20H24O10/c1-6-12(23)28-11-9(21)18-8-5-7(16(2,3)4)17(18)10(22)13(24)29-15(17)30-20(18,14(25)27-8)19(6,11)26/h6-11,15,21-22,26H,5H2,1-4H3/t6-,7+,8-,9+,10-,11+,15+,17?,18?,19-,20-/m1/s1. The van der Waals surface area contributed by atoms with Crippen LogP contribution in [-0.2, 0) is 33.3 Å². The normalized spacial score (nSPS) is 60.1. The molecule has 3 N–H and O–H groups in total. The van der Waals surface area contributed by atoms with Gasteiger partial charge in [0.15, 0.2) is 17.8 Å². The third-order valence-electron chi connectivity index (χ3n) is 9.00. The molecule has 164 valence electrons. The summed E-state index contributed by atoms with van der Waals surface area (Å²) in [6.07, 6.45) is -6.91. The number of fused-ring (bicyclic) bond motifs is 1. The van der Waals surface area contributed by atoms with E-state index < -0.39 is 87.9 Å². The molecule has 6 rings (SSSR count). The molecule has 6 aliphatic rings. The van der Waals surface area contributed by atoms with Crippen molar-refractivity contribution in [1.82, 2.24) is 0 Å². The monoisotopic (exact) mass is 424 g/mol. The van der Waals surface area contributed by atoms with Crippen LogP contribution >= 0.6 is 0 Å². The van der Waals surface area contributed by atoms with Crippen LogP contribution < -0.4 is 0 Å². The molecule has 11 atom stereocenters. The minimum Gasteiger partial charge on any atom is -0.459 e. The van der Waals surface area contributed by atoms with Gasteiger partial charge in [-0.05, 0) is 24.7 Å². The number of aliphatic hydroxyl groups is 3.